The number of carbonyl (C=O) groups is 1. The predicted molar refractivity (Wildman–Crippen MR) is 127 cm³/mol. The molecule has 0 N–H and O–H groups in total. The van der Waals surface area contributed by atoms with E-state index in [1.165, 1.54) is 17.3 Å². The molecule has 1 aliphatic rings. The van der Waals surface area contributed by atoms with E-state index in [1.54, 1.807) is 4.57 Å². The molecular weight excluding hydrogens is 422 g/mol. The van der Waals surface area contributed by atoms with Gasteiger partial charge in [0.25, 0.3) is 5.56 Å². The summed E-state index contributed by atoms with van der Waals surface area (Å²) in [5, 5.41) is 9.62. The normalized spacial score (nSPS) is 14.6. The van der Waals surface area contributed by atoms with Crippen LogP contribution in [0, 0.1) is 0 Å². The van der Waals surface area contributed by atoms with E-state index in [2.05, 4.69) is 16.3 Å². The Labute approximate surface area is 190 Å². The van der Waals surface area contributed by atoms with Crippen LogP contribution in [0.3, 0.4) is 0 Å². The van der Waals surface area contributed by atoms with Crippen molar-refractivity contribution >= 4 is 40.0 Å². The van der Waals surface area contributed by atoms with Crippen LogP contribution in [0.2, 0.25) is 0 Å². The topological polar surface area (TPSA) is 72.5 Å². The molecule has 1 aliphatic heterocycles. The Morgan fingerprint density at radius 2 is 1.91 bits per heavy atom. The van der Waals surface area contributed by atoms with Crippen LogP contribution in [-0.2, 0) is 17.8 Å². The molecule has 8 heteroatoms. The first-order valence-corrected chi connectivity index (χ1v) is 11.9. The van der Waals surface area contributed by atoms with Gasteiger partial charge >= 0.3 is 0 Å². The van der Waals surface area contributed by atoms with E-state index in [0.29, 0.717) is 22.9 Å². The molecule has 0 bridgehead atoms. The second-order valence-electron chi connectivity index (χ2n) is 8.07. The molecule has 164 valence electrons. The predicted octanol–water partition coefficient (Wildman–Crippen LogP) is 3.91. The molecule has 0 saturated carbocycles. The Kier molecular flexibility index (Phi) is 5.46. The van der Waals surface area contributed by atoms with Crippen molar-refractivity contribution in [3.63, 3.8) is 0 Å². The van der Waals surface area contributed by atoms with Crippen molar-refractivity contribution in [3.05, 3.63) is 64.4 Å². The third-order valence-electron chi connectivity index (χ3n) is 5.93. The second kappa shape index (κ2) is 8.43. The van der Waals surface area contributed by atoms with Crippen molar-refractivity contribution in [3.8, 4) is 0 Å². The molecule has 1 amide bonds. The van der Waals surface area contributed by atoms with Crippen LogP contribution in [0.25, 0.3) is 16.7 Å². The molecule has 1 atom stereocenters. The molecule has 0 aliphatic carbocycles. The van der Waals surface area contributed by atoms with Crippen LogP contribution in [0.5, 0.6) is 0 Å². The summed E-state index contributed by atoms with van der Waals surface area (Å²) in [7, 11) is 0. The Morgan fingerprint density at radius 1 is 1.12 bits per heavy atom. The third-order valence-corrected chi connectivity index (χ3v) is 6.96. The van der Waals surface area contributed by atoms with Gasteiger partial charge in [0.2, 0.25) is 11.7 Å². The van der Waals surface area contributed by atoms with Gasteiger partial charge in [0.15, 0.2) is 5.16 Å². The molecule has 3 heterocycles. The highest BCUT2D eigenvalue weighted by molar-refractivity contribution is 8.00. The minimum Gasteiger partial charge on any atom is -0.311 e. The molecule has 0 radical (unpaired) electrons. The number of nitrogens with zero attached hydrogens (tertiary/aromatic N) is 5. The molecule has 7 nitrogen and oxygen atoms in total. The third kappa shape index (κ3) is 3.39. The van der Waals surface area contributed by atoms with Gasteiger partial charge in [-0.1, -0.05) is 49.0 Å². The number of anilines is 1. The Bertz CT molecular complexity index is 1380. The molecule has 0 saturated heterocycles. The lowest BCUT2D eigenvalue weighted by Crippen LogP contribution is -2.40. The van der Waals surface area contributed by atoms with Crippen LogP contribution in [0.4, 0.5) is 5.69 Å². The fourth-order valence-corrected chi connectivity index (χ4v) is 5.34. The van der Waals surface area contributed by atoms with Gasteiger partial charge in [-0.3, -0.25) is 18.6 Å². The van der Waals surface area contributed by atoms with Gasteiger partial charge in [-0.05, 0) is 49.9 Å². The fraction of sp³-hybridized carbons (Fsp3) is 0.333. The minimum atomic E-state index is -0.348. The largest absolute Gasteiger partial charge is 0.311 e. The van der Waals surface area contributed by atoms with Crippen molar-refractivity contribution in [1.29, 1.82) is 0 Å². The maximum Gasteiger partial charge on any atom is 0.262 e. The second-order valence-corrected chi connectivity index (χ2v) is 9.38. The van der Waals surface area contributed by atoms with E-state index in [-0.39, 0.29) is 16.7 Å². The molecule has 2 aromatic heterocycles. The summed E-state index contributed by atoms with van der Waals surface area (Å²) >= 11 is 1.39. The summed E-state index contributed by atoms with van der Waals surface area (Å²) in [6.07, 6.45) is 2.77. The van der Waals surface area contributed by atoms with Crippen molar-refractivity contribution in [2.24, 2.45) is 0 Å². The van der Waals surface area contributed by atoms with Crippen molar-refractivity contribution < 1.29 is 4.79 Å². The molecule has 5 rings (SSSR count). The molecule has 4 aromatic rings. The van der Waals surface area contributed by atoms with E-state index >= 15 is 0 Å². The first kappa shape index (κ1) is 20.8. The maximum absolute atomic E-state index is 13.4. The number of rotatable bonds is 5. The Morgan fingerprint density at radius 3 is 2.75 bits per heavy atom. The number of para-hydroxylation sites is 2. The lowest BCUT2D eigenvalue weighted by Gasteiger charge is -2.31. The summed E-state index contributed by atoms with van der Waals surface area (Å²) in [5.74, 6) is 0.575. The van der Waals surface area contributed by atoms with Gasteiger partial charge in [0, 0.05) is 18.8 Å². The first-order chi connectivity index (χ1) is 15.6. The number of benzene rings is 2. The Hall–Kier alpha value is -3.13. The van der Waals surface area contributed by atoms with Gasteiger partial charge in [-0.25, -0.2) is 0 Å². The zero-order chi connectivity index (χ0) is 22.2. The van der Waals surface area contributed by atoms with Gasteiger partial charge < -0.3 is 4.90 Å². The number of thioether (sulfide) groups is 1. The molecule has 2 aromatic carbocycles. The molecule has 0 spiro atoms. The van der Waals surface area contributed by atoms with Gasteiger partial charge in [0.1, 0.15) is 0 Å². The highest BCUT2D eigenvalue weighted by atomic mass is 32.2. The number of amides is 1. The number of carbonyl (C=O) groups excluding carboxylic acids is 1. The van der Waals surface area contributed by atoms with E-state index < -0.39 is 0 Å². The van der Waals surface area contributed by atoms with Gasteiger partial charge in [0.05, 0.1) is 16.2 Å². The quantitative estimate of drug-likeness (QED) is 0.434. The molecule has 0 fully saturated rings. The van der Waals surface area contributed by atoms with Gasteiger partial charge in [-0.2, -0.15) is 0 Å². The molecule has 32 heavy (non-hydrogen) atoms. The number of aromatic nitrogens is 4. The maximum atomic E-state index is 13.4. The van der Waals surface area contributed by atoms with Crippen LogP contribution in [-0.4, -0.2) is 36.9 Å². The number of fused-ring (bicyclic) bond motifs is 4. The summed E-state index contributed by atoms with van der Waals surface area (Å²) in [5.41, 5.74) is 2.92. The summed E-state index contributed by atoms with van der Waals surface area (Å²) in [6.45, 7) is 5.23. The van der Waals surface area contributed by atoms with Crippen LogP contribution in [0.1, 0.15) is 32.3 Å². The smallest absolute Gasteiger partial charge is 0.262 e. The molecular formula is C24H25N5O2S. The summed E-state index contributed by atoms with van der Waals surface area (Å²) in [4.78, 5) is 28.3. The summed E-state index contributed by atoms with van der Waals surface area (Å²) < 4.78 is 3.58. The Balaban J connectivity index is 1.54. The molecule has 1 unspecified atom stereocenters. The number of hydrogen-bond acceptors (Lipinski definition) is 5. The van der Waals surface area contributed by atoms with Crippen LogP contribution < -0.4 is 10.5 Å². The van der Waals surface area contributed by atoms with Crippen molar-refractivity contribution in [1.82, 2.24) is 19.2 Å². The van der Waals surface area contributed by atoms with Crippen LogP contribution in [0.15, 0.2) is 58.5 Å². The van der Waals surface area contributed by atoms with Crippen molar-refractivity contribution in [2.45, 2.75) is 50.1 Å². The standard InChI is InChI=1S/C24H25N5O2S/c1-3-14-28-22(31)18-11-5-7-13-20(18)29-23(28)25-26-24(29)32-16(2)21(30)27-15-8-10-17-9-4-6-12-19(17)27/h4-7,9,11-13,16H,3,8,10,14-15H2,1-2H3. The SMILES string of the molecule is CCCn1c(=O)c2ccccc2n2c(SC(C)C(=O)N3CCCc4ccccc43)nnc12. The van der Waals surface area contributed by atoms with E-state index in [4.69, 9.17) is 0 Å². The average molecular weight is 448 g/mol. The lowest BCUT2D eigenvalue weighted by molar-refractivity contribution is -0.117. The minimum absolute atomic E-state index is 0.0603. The van der Waals surface area contributed by atoms with E-state index in [9.17, 15) is 9.59 Å². The van der Waals surface area contributed by atoms with Crippen molar-refractivity contribution in [2.75, 3.05) is 11.4 Å². The van der Waals surface area contributed by atoms with E-state index in [0.717, 1.165) is 37.0 Å². The van der Waals surface area contributed by atoms with E-state index in [1.807, 2.05) is 65.6 Å². The lowest BCUT2D eigenvalue weighted by atomic mass is 10.0. The van der Waals surface area contributed by atoms with Crippen LogP contribution >= 0.6 is 11.8 Å². The zero-order valence-corrected chi connectivity index (χ0v) is 19.0. The fourth-order valence-electron chi connectivity index (χ4n) is 4.43. The monoisotopic (exact) mass is 447 g/mol. The first-order valence-electron chi connectivity index (χ1n) is 11.0. The average Bonchev–Trinajstić information content (AvgIpc) is 3.24. The highest BCUT2D eigenvalue weighted by Gasteiger charge is 2.28. The zero-order valence-electron chi connectivity index (χ0n) is 18.2. The highest BCUT2D eigenvalue weighted by Crippen LogP contribution is 2.31. The number of aryl methyl sites for hydroxylation is 2. The van der Waals surface area contributed by atoms with Gasteiger partial charge in [-0.15, -0.1) is 10.2 Å². The summed E-state index contributed by atoms with van der Waals surface area (Å²) in [6, 6.07) is 15.6. The number of hydrogen-bond donors (Lipinski definition) is 0.